The Morgan fingerprint density at radius 2 is 1.86 bits per heavy atom. The molecule has 0 aliphatic rings. The highest BCUT2D eigenvalue weighted by Gasteiger charge is 2.13. The molecule has 0 N–H and O–H groups in total. The number of non-ortho nitro benzene ring substituents is 1. The van der Waals surface area contributed by atoms with Crippen molar-refractivity contribution in [2.75, 3.05) is 0 Å². The topological polar surface area (TPSA) is 90.4 Å². The lowest BCUT2D eigenvalue weighted by Gasteiger charge is -2.03. The highest BCUT2D eigenvalue weighted by atomic mass is 16.6. The van der Waals surface area contributed by atoms with E-state index in [9.17, 15) is 19.7 Å². The molecule has 21 heavy (non-hydrogen) atoms. The minimum atomic E-state index is -0.708. The second-order valence-corrected chi connectivity index (χ2v) is 4.65. The third kappa shape index (κ3) is 2.06. The minimum absolute atomic E-state index is 0.0104. The SMILES string of the molecule is CC(=O)c1cc2ccc3cc([N+](=O)[O-])ccc3c2oc1=O. The van der Waals surface area contributed by atoms with Crippen molar-refractivity contribution in [3.63, 3.8) is 0 Å². The summed E-state index contributed by atoms with van der Waals surface area (Å²) in [7, 11) is 0. The molecule has 1 heterocycles. The second-order valence-electron chi connectivity index (χ2n) is 4.65. The smallest absolute Gasteiger partial charge is 0.347 e. The summed E-state index contributed by atoms with van der Waals surface area (Å²) < 4.78 is 5.22. The maximum atomic E-state index is 11.8. The third-order valence-corrected chi connectivity index (χ3v) is 3.29. The first-order valence-corrected chi connectivity index (χ1v) is 6.13. The Hall–Kier alpha value is -3.02. The van der Waals surface area contributed by atoms with Crippen LogP contribution in [-0.4, -0.2) is 10.7 Å². The van der Waals surface area contributed by atoms with Crippen molar-refractivity contribution in [3.8, 4) is 0 Å². The molecule has 0 aliphatic heterocycles. The standard InChI is InChI=1S/C15H9NO5/c1-8(17)13-7-10-3-2-9-6-11(16(19)20)4-5-12(9)14(10)21-15(13)18/h2-7H,1H3. The molecule has 0 atom stereocenters. The van der Waals surface area contributed by atoms with Crippen LogP contribution in [0.4, 0.5) is 5.69 Å². The summed E-state index contributed by atoms with van der Waals surface area (Å²) in [6.07, 6.45) is 0. The van der Waals surface area contributed by atoms with E-state index in [-0.39, 0.29) is 17.0 Å². The maximum absolute atomic E-state index is 11.8. The Morgan fingerprint density at radius 3 is 2.52 bits per heavy atom. The summed E-state index contributed by atoms with van der Waals surface area (Å²) in [6.45, 7) is 1.29. The zero-order chi connectivity index (χ0) is 15.1. The van der Waals surface area contributed by atoms with Crippen LogP contribution in [0.5, 0.6) is 0 Å². The van der Waals surface area contributed by atoms with E-state index in [4.69, 9.17) is 4.42 Å². The van der Waals surface area contributed by atoms with E-state index in [0.29, 0.717) is 21.7 Å². The lowest BCUT2D eigenvalue weighted by Crippen LogP contribution is -2.11. The van der Waals surface area contributed by atoms with E-state index in [2.05, 4.69) is 0 Å². The van der Waals surface area contributed by atoms with Crippen LogP contribution in [0.25, 0.3) is 21.7 Å². The van der Waals surface area contributed by atoms with Crippen molar-refractivity contribution in [2.45, 2.75) is 6.92 Å². The number of rotatable bonds is 2. The summed E-state index contributed by atoms with van der Waals surface area (Å²) in [5.74, 6) is -0.366. The van der Waals surface area contributed by atoms with Crippen molar-refractivity contribution in [1.82, 2.24) is 0 Å². The normalized spacial score (nSPS) is 10.9. The summed E-state index contributed by atoms with van der Waals surface area (Å²) in [6, 6.07) is 9.12. The fourth-order valence-electron chi connectivity index (χ4n) is 2.25. The molecule has 104 valence electrons. The number of hydrogen-bond acceptors (Lipinski definition) is 5. The molecule has 2 aromatic carbocycles. The zero-order valence-corrected chi connectivity index (χ0v) is 11.0. The van der Waals surface area contributed by atoms with E-state index < -0.39 is 10.5 Å². The highest BCUT2D eigenvalue weighted by Crippen LogP contribution is 2.28. The summed E-state index contributed by atoms with van der Waals surface area (Å²) in [5, 5.41) is 12.6. The lowest BCUT2D eigenvalue weighted by molar-refractivity contribution is -0.384. The molecule has 0 unspecified atom stereocenters. The van der Waals surface area contributed by atoms with Crippen LogP contribution < -0.4 is 5.63 Å². The van der Waals surface area contributed by atoms with E-state index >= 15 is 0 Å². The molecule has 6 heteroatoms. The Morgan fingerprint density at radius 1 is 1.14 bits per heavy atom. The number of nitro benzene ring substituents is 1. The van der Waals surface area contributed by atoms with Gasteiger partial charge < -0.3 is 4.42 Å². The molecular weight excluding hydrogens is 274 g/mol. The van der Waals surface area contributed by atoms with Gasteiger partial charge >= 0.3 is 5.63 Å². The van der Waals surface area contributed by atoms with Gasteiger partial charge in [-0.05, 0) is 24.4 Å². The van der Waals surface area contributed by atoms with E-state index in [0.717, 1.165) is 0 Å². The van der Waals surface area contributed by atoms with E-state index in [1.54, 1.807) is 12.1 Å². The Balaban J connectivity index is 2.39. The first-order valence-electron chi connectivity index (χ1n) is 6.13. The maximum Gasteiger partial charge on any atom is 0.347 e. The molecule has 6 nitrogen and oxygen atoms in total. The predicted molar refractivity (Wildman–Crippen MR) is 76.6 cm³/mol. The summed E-state index contributed by atoms with van der Waals surface area (Å²) in [5.41, 5.74) is -0.438. The summed E-state index contributed by atoms with van der Waals surface area (Å²) in [4.78, 5) is 33.4. The van der Waals surface area contributed by atoms with Gasteiger partial charge in [0.2, 0.25) is 0 Å². The van der Waals surface area contributed by atoms with Gasteiger partial charge in [0.15, 0.2) is 5.78 Å². The van der Waals surface area contributed by atoms with Gasteiger partial charge in [-0.25, -0.2) is 4.79 Å². The first-order chi connectivity index (χ1) is 9.97. The average molecular weight is 283 g/mol. The monoisotopic (exact) mass is 283 g/mol. The van der Waals surface area contributed by atoms with Gasteiger partial charge in [-0.15, -0.1) is 0 Å². The average Bonchev–Trinajstić information content (AvgIpc) is 2.45. The van der Waals surface area contributed by atoms with Crippen molar-refractivity contribution in [3.05, 3.63) is 62.5 Å². The van der Waals surface area contributed by atoms with Gasteiger partial charge in [-0.3, -0.25) is 14.9 Å². The number of benzene rings is 2. The Labute approximate surface area is 117 Å². The van der Waals surface area contributed by atoms with Crippen LogP contribution >= 0.6 is 0 Å². The van der Waals surface area contributed by atoms with Crippen LogP contribution in [0.1, 0.15) is 17.3 Å². The lowest BCUT2D eigenvalue weighted by atomic mass is 10.0. The molecule has 0 radical (unpaired) electrons. The molecule has 0 bridgehead atoms. The number of ketones is 1. The fourth-order valence-corrected chi connectivity index (χ4v) is 2.25. The van der Waals surface area contributed by atoms with E-state index in [1.165, 1.54) is 31.2 Å². The van der Waals surface area contributed by atoms with Crippen LogP contribution in [-0.2, 0) is 0 Å². The molecule has 0 saturated heterocycles. The van der Waals surface area contributed by atoms with Gasteiger partial charge in [0.25, 0.3) is 5.69 Å². The molecule has 0 spiro atoms. The molecule has 0 saturated carbocycles. The molecule has 0 amide bonds. The molecule has 0 fully saturated rings. The Bertz CT molecular complexity index is 971. The molecule has 0 aliphatic carbocycles. The predicted octanol–water partition coefficient (Wildman–Crippen LogP) is 3.06. The number of fused-ring (bicyclic) bond motifs is 3. The number of Topliss-reactive ketones (excluding diaryl/α,β-unsaturated/α-hetero) is 1. The zero-order valence-electron chi connectivity index (χ0n) is 11.0. The van der Waals surface area contributed by atoms with Crippen LogP contribution in [0.2, 0.25) is 0 Å². The number of carbonyl (C=O) groups is 1. The van der Waals surface area contributed by atoms with Crippen molar-refractivity contribution in [2.24, 2.45) is 0 Å². The van der Waals surface area contributed by atoms with Crippen molar-refractivity contribution >= 4 is 33.2 Å². The highest BCUT2D eigenvalue weighted by molar-refractivity contribution is 6.06. The van der Waals surface area contributed by atoms with Crippen LogP contribution in [0, 0.1) is 10.1 Å². The second kappa shape index (κ2) is 4.52. The number of nitro groups is 1. The van der Waals surface area contributed by atoms with Gasteiger partial charge in [0, 0.05) is 22.9 Å². The largest absolute Gasteiger partial charge is 0.422 e. The van der Waals surface area contributed by atoms with Gasteiger partial charge in [-0.1, -0.05) is 12.1 Å². The first kappa shape index (κ1) is 13.0. The third-order valence-electron chi connectivity index (χ3n) is 3.29. The van der Waals surface area contributed by atoms with Gasteiger partial charge in [-0.2, -0.15) is 0 Å². The van der Waals surface area contributed by atoms with E-state index in [1.807, 2.05) is 0 Å². The Kier molecular flexibility index (Phi) is 2.79. The summed E-state index contributed by atoms with van der Waals surface area (Å²) >= 11 is 0. The minimum Gasteiger partial charge on any atom is -0.422 e. The quantitative estimate of drug-likeness (QED) is 0.237. The van der Waals surface area contributed by atoms with Crippen LogP contribution in [0.15, 0.2) is 45.6 Å². The fraction of sp³-hybridized carbons (Fsp3) is 0.0667. The molecular formula is C15H9NO5. The molecule has 3 aromatic rings. The number of hydrogen-bond donors (Lipinski definition) is 0. The van der Waals surface area contributed by atoms with Gasteiger partial charge in [0.1, 0.15) is 11.1 Å². The van der Waals surface area contributed by atoms with Gasteiger partial charge in [0.05, 0.1) is 4.92 Å². The number of nitrogens with zero attached hydrogens (tertiary/aromatic N) is 1. The number of carbonyl (C=O) groups excluding carboxylic acids is 1. The van der Waals surface area contributed by atoms with Crippen LogP contribution in [0.3, 0.4) is 0 Å². The van der Waals surface area contributed by atoms with Crippen molar-refractivity contribution < 1.29 is 14.1 Å². The molecule has 1 aromatic heterocycles. The van der Waals surface area contributed by atoms with Crippen molar-refractivity contribution in [1.29, 1.82) is 0 Å². The molecule has 3 rings (SSSR count).